The molecule has 1 aromatic carbocycles. The zero-order valence-corrected chi connectivity index (χ0v) is 9.48. The molecule has 0 aromatic heterocycles. The van der Waals surface area contributed by atoms with E-state index >= 15 is 0 Å². The summed E-state index contributed by atoms with van der Waals surface area (Å²) < 4.78 is 15.4. The minimum Gasteiger partial charge on any atom is -0.493 e. The minimum atomic E-state index is -0.992. The summed E-state index contributed by atoms with van der Waals surface area (Å²) in [6, 6.07) is 3.23. The summed E-state index contributed by atoms with van der Waals surface area (Å²) in [5, 5.41) is 9.54. The molecule has 0 saturated carbocycles. The van der Waals surface area contributed by atoms with Gasteiger partial charge >= 0.3 is 0 Å². The summed E-state index contributed by atoms with van der Waals surface area (Å²) in [6.45, 7) is 0. The molecule has 1 aromatic rings. The lowest BCUT2D eigenvalue weighted by molar-refractivity contribution is 0.236. The summed E-state index contributed by atoms with van der Waals surface area (Å²) in [4.78, 5) is 0. The molecule has 1 N–H and O–H groups in total. The lowest BCUT2D eigenvalue weighted by Gasteiger charge is -2.14. The van der Waals surface area contributed by atoms with E-state index in [0.29, 0.717) is 22.8 Å². The summed E-state index contributed by atoms with van der Waals surface area (Å²) in [5.41, 5.74) is 0.525. The number of terminal acetylenes is 1. The first kappa shape index (κ1) is 12.2. The Labute approximate surface area is 94.8 Å². The summed E-state index contributed by atoms with van der Waals surface area (Å²) in [6.07, 6.45) is 4.15. The van der Waals surface area contributed by atoms with Crippen LogP contribution in [0.2, 0.25) is 0 Å². The molecule has 0 amide bonds. The summed E-state index contributed by atoms with van der Waals surface area (Å²) >= 11 is 0. The zero-order valence-electron chi connectivity index (χ0n) is 9.48. The Morgan fingerprint density at radius 3 is 1.94 bits per heavy atom. The number of aliphatic hydroxyl groups is 1. The first-order valence-corrected chi connectivity index (χ1v) is 4.62. The highest BCUT2D eigenvalue weighted by molar-refractivity contribution is 5.54. The van der Waals surface area contributed by atoms with Gasteiger partial charge in [0.05, 0.1) is 21.3 Å². The topological polar surface area (TPSA) is 47.9 Å². The average molecular weight is 222 g/mol. The van der Waals surface area contributed by atoms with Gasteiger partial charge in [-0.2, -0.15) is 0 Å². The third kappa shape index (κ3) is 2.20. The van der Waals surface area contributed by atoms with Gasteiger partial charge in [0, 0.05) is 5.56 Å². The standard InChI is InChI=1S/C12H14O4/c1-5-9(13)8-6-10(14-2)12(16-4)11(7-8)15-3/h1,6-7,9,13H,2-4H3/t9-/m1/s1. The Hall–Kier alpha value is -1.86. The number of methoxy groups -OCH3 is 3. The van der Waals surface area contributed by atoms with Gasteiger partial charge in [-0.1, -0.05) is 5.92 Å². The molecule has 0 spiro atoms. The van der Waals surface area contributed by atoms with Gasteiger partial charge in [-0.05, 0) is 12.1 Å². The maximum Gasteiger partial charge on any atom is 0.203 e. The van der Waals surface area contributed by atoms with Crippen LogP contribution < -0.4 is 14.2 Å². The zero-order chi connectivity index (χ0) is 12.1. The van der Waals surface area contributed by atoms with Crippen LogP contribution in [0, 0.1) is 12.3 Å². The number of hydrogen-bond acceptors (Lipinski definition) is 4. The molecule has 0 fully saturated rings. The highest BCUT2D eigenvalue weighted by Crippen LogP contribution is 2.39. The van der Waals surface area contributed by atoms with E-state index in [1.54, 1.807) is 12.1 Å². The fourth-order valence-electron chi connectivity index (χ4n) is 1.36. The summed E-state index contributed by atoms with van der Waals surface area (Å²) in [5.74, 6) is 3.62. The maximum absolute atomic E-state index is 9.54. The Kier molecular flexibility index (Phi) is 4.03. The molecule has 0 radical (unpaired) electrons. The van der Waals surface area contributed by atoms with Gasteiger partial charge in [-0.25, -0.2) is 0 Å². The van der Waals surface area contributed by atoms with Crippen LogP contribution in [0.1, 0.15) is 11.7 Å². The Bertz CT molecular complexity index is 381. The molecule has 0 aliphatic heterocycles. The van der Waals surface area contributed by atoms with Gasteiger partial charge < -0.3 is 19.3 Å². The predicted molar refractivity (Wildman–Crippen MR) is 59.9 cm³/mol. The van der Waals surface area contributed by atoms with E-state index in [9.17, 15) is 5.11 Å². The third-order valence-electron chi connectivity index (χ3n) is 2.16. The Morgan fingerprint density at radius 2 is 1.62 bits per heavy atom. The number of aliphatic hydroxyl groups excluding tert-OH is 1. The minimum absolute atomic E-state index is 0.464. The first-order chi connectivity index (χ1) is 7.67. The van der Waals surface area contributed by atoms with Crippen LogP contribution in [0.3, 0.4) is 0 Å². The van der Waals surface area contributed by atoms with Crippen molar-refractivity contribution in [3.63, 3.8) is 0 Å². The highest BCUT2D eigenvalue weighted by Gasteiger charge is 2.15. The number of ether oxygens (including phenoxy) is 3. The molecule has 0 aliphatic carbocycles. The molecule has 0 heterocycles. The van der Waals surface area contributed by atoms with Crippen LogP contribution in [0.4, 0.5) is 0 Å². The van der Waals surface area contributed by atoms with Crippen LogP contribution in [-0.2, 0) is 0 Å². The fourth-order valence-corrected chi connectivity index (χ4v) is 1.36. The number of benzene rings is 1. The Balaban J connectivity index is 3.32. The van der Waals surface area contributed by atoms with Gasteiger partial charge in [-0.3, -0.25) is 0 Å². The largest absolute Gasteiger partial charge is 0.493 e. The van der Waals surface area contributed by atoms with Crippen molar-refractivity contribution in [2.75, 3.05) is 21.3 Å². The van der Waals surface area contributed by atoms with Gasteiger partial charge in [0.2, 0.25) is 5.75 Å². The SMILES string of the molecule is C#C[C@@H](O)c1cc(OC)c(OC)c(OC)c1. The van der Waals surface area contributed by atoms with Crippen LogP contribution >= 0.6 is 0 Å². The van der Waals surface area contributed by atoms with Crippen molar-refractivity contribution in [1.82, 2.24) is 0 Å². The second kappa shape index (κ2) is 5.29. The van der Waals surface area contributed by atoms with Crippen molar-refractivity contribution in [3.8, 4) is 29.6 Å². The van der Waals surface area contributed by atoms with Crippen LogP contribution in [0.25, 0.3) is 0 Å². The highest BCUT2D eigenvalue weighted by atomic mass is 16.5. The van der Waals surface area contributed by atoms with Crippen molar-refractivity contribution in [3.05, 3.63) is 17.7 Å². The van der Waals surface area contributed by atoms with E-state index in [0.717, 1.165) is 0 Å². The maximum atomic E-state index is 9.54. The molecule has 0 bridgehead atoms. The van der Waals surface area contributed by atoms with Gasteiger partial charge in [0.25, 0.3) is 0 Å². The fraction of sp³-hybridized carbons (Fsp3) is 0.333. The van der Waals surface area contributed by atoms with E-state index in [-0.39, 0.29) is 0 Å². The van der Waals surface area contributed by atoms with E-state index in [1.807, 2.05) is 0 Å². The summed E-state index contributed by atoms with van der Waals surface area (Å²) in [7, 11) is 4.52. The average Bonchev–Trinajstić information content (AvgIpc) is 2.35. The molecule has 1 rings (SSSR count). The molecule has 86 valence electrons. The number of rotatable bonds is 4. The molecule has 16 heavy (non-hydrogen) atoms. The van der Waals surface area contributed by atoms with Crippen LogP contribution in [0.15, 0.2) is 12.1 Å². The first-order valence-electron chi connectivity index (χ1n) is 4.62. The van der Waals surface area contributed by atoms with Crippen molar-refractivity contribution >= 4 is 0 Å². The van der Waals surface area contributed by atoms with Crippen LogP contribution in [-0.4, -0.2) is 26.4 Å². The van der Waals surface area contributed by atoms with E-state index in [2.05, 4.69) is 5.92 Å². The number of hydrogen-bond donors (Lipinski definition) is 1. The Morgan fingerprint density at radius 1 is 1.12 bits per heavy atom. The molecule has 0 aliphatic rings. The van der Waals surface area contributed by atoms with Gasteiger partial charge in [-0.15, -0.1) is 6.42 Å². The van der Waals surface area contributed by atoms with Gasteiger partial charge in [0.1, 0.15) is 6.10 Å². The smallest absolute Gasteiger partial charge is 0.203 e. The molecule has 4 nitrogen and oxygen atoms in total. The quantitative estimate of drug-likeness (QED) is 0.782. The van der Waals surface area contributed by atoms with E-state index < -0.39 is 6.10 Å². The monoisotopic (exact) mass is 222 g/mol. The van der Waals surface area contributed by atoms with Crippen molar-refractivity contribution in [2.45, 2.75) is 6.10 Å². The predicted octanol–water partition coefficient (Wildman–Crippen LogP) is 1.38. The van der Waals surface area contributed by atoms with Crippen LogP contribution in [0.5, 0.6) is 17.2 Å². The van der Waals surface area contributed by atoms with Gasteiger partial charge in [0.15, 0.2) is 11.5 Å². The van der Waals surface area contributed by atoms with Crippen molar-refractivity contribution in [2.24, 2.45) is 0 Å². The van der Waals surface area contributed by atoms with Crippen molar-refractivity contribution in [1.29, 1.82) is 0 Å². The molecule has 1 atom stereocenters. The molecule has 0 unspecified atom stereocenters. The molecule has 4 heteroatoms. The van der Waals surface area contributed by atoms with E-state index in [1.165, 1.54) is 21.3 Å². The lowest BCUT2D eigenvalue weighted by Crippen LogP contribution is -1.99. The third-order valence-corrected chi connectivity index (χ3v) is 2.16. The second-order valence-corrected chi connectivity index (χ2v) is 3.03. The van der Waals surface area contributed by atoms with E-state index in [4.69, 9.17) is 20.6 Å². The molecular weight excluding hydrogens is 208 g/mol. The van der Waals surface area contributed by atoms with Crippen molar-refractivity contribution < 1.29 is 19.3 Å². The normalized spacial score (nSPS) is 11.4. The lowest BCUT2D eigenvalue weighted by atomic mass is 10.1. The molecule has 0 saturated heterocycles. The second-order valence-electron chi connectivity index (χ2n) is 3.03. The molecular formula is C12H14O4.